The van der Waals surface area contributed by atoms with Crippen LogP contribution in [-0.4, -0.2) is 25.8 Å². The van der Waals surface area contributed by atoms with Gasteiger partial charge in [-0.3, -0.25) is 14.8 Å². The van der Waals surface area contributed by atoms with Crippen LogP contribution in [-0.2, 0) is 11.3 Å². The summed E-state index contributed by atoms with van der Waals surface area (Å²) in [4.78, 5) is 45.0. The molecule has 1 fully saturated rings. The summed E-state index contributed by atoms with van der Waals surface area (Å²) < 4.78 is 0. The van der Waals surface area contributed by atoms with Crippen molar-refractivity contribution in [3.8, 4) is 0 Å². The smallest absolute Gasteiger partial charge is 0.328 e. The topological polar surface area (TPSA) is 98.9 Å². The van der Waals surface area contributed by atoms with Crippen molar-refractivity contribution in [2.24, 2.45) is 0 Å². The Kier molecular flexibility index (Phi) is 3.62. The maximum atomic E-state index is 12.2. The first kappa shape index (κ1) is 14.2. The SMILES string of the molecule is Cc1ccccc1CN1C(=O)CCC1c1nc(=O)[nH]c(=O)[nH]1. The lowest BCUT2D eigenvalue weighted by Crippen LogP contribution is -2.33. The predicted molar refractivity (Wildman–Crippen MR) is 79.2 cm³/mol. The molecule has 1 aliphatic heterocycles. The molecule has 22 heavy (non-hydrogen) atoms. The molecule has 3 rings (SSSR count). The first-order valence-electron chi connectivity index (χ1n) is 7.09. The van der Waals surface area contributed by atoms with Gasteiger partial charge in [0, 0.05) is 13.0 Å². The van der Waals surface area contributed by atoms with Gasteiger partial charge in [-0.2, -0.15) is 4.98 Å². The van der Waals surface area contributed by atoms with Crippen LogP contribution in [0.5, 0.6) is 0 Å². The molecule has 1 unspecified atom stereocenters. The summed E-state index contributed by atoms with van der Waals surface area (Å²) in [5, 5.41) is 0. The fourth-order valence-corrected chi connectivity index (χ4v) is 2.75. The molecule has 0 bridgehead atoms. The van der Waals surface area contributed by atoms with Crippen LogP contribution in [0.2, 0.25) is 0 Å². The first-order chi connectivity index (χ1) is 10.5. The van der Waals surface area contributed by atoms with Crippen molar-refractivity contribution >= 4 is 5.91 Å². The average Bonchev–Trinajstić information content (AvgIpc) is 2.82. The molecule has 2 heterocycles. The molecule has 0 spiro atoms. The lowest BCUT2D eigenvalue weighted by Gasteiger charge is -2.24. The highest BCUT2D eigenvalue weighted by Gasteiger charge is 2.34. The van der Waals surface area contributed by atoms with Gasteiger partial charge >= 0.3 is 11.4 Å². The molecule has 1 aromatic carbocycles. The number of nitrogens with one attached hydrogen (secondary N) is 2. The number of carbonyl (C=O) groups is 1. The molecule has 7 nitrogen and oxygen atoms in total. The van der Waals surface area contributed by atoms with E-state index in [4.69, 9.17) is 0 Å². The Hall–Kier alpha value is -2.70. The van der Waals surface area contributed by atoms with E-state index in [0.29, 0.717) is 19.4 Å². The molecule has 0 radical (unpaired) electrons. The summed E-state index contributed by atoms with van der Waals surface area (Å²) in [5.74, 6) is 0.240. The molecule has 1 atom stereocenters. The van der Waals surface area contributed by atoms with E-state index < -0.39 is 11.4 Å². The summed E-state index contributed by atoms with van der Waals surface area (Å²) in [6.45, 7) is 2.42. The van der Waals surface area contributed by atoms with Crippen molar-refractivity contribution in [1.29, 1.82) is 0 Å². The van der Waals surface area contributed by atoms with E-state index in [9.17, 15) is 14.4 Å². The minimum absolute atomic E-state index is 0.00353. The van der Waals surface area contributed by atoms with Crippen LogP contribution in [0.25, 0.3) is 0 Å². The quantitative estimate of drug-likeness (QED) is 0.868. The molecule has 1 amide bonds. The number of aromatic nitrogens is 3. The van der Waals surface area contributed by atoms with E-state index in [2.05, 4.69) is 9.97 Å². The lowest BCUT2D eigenvalue weighted by molar-refractivity contribution is -0.129. The van der Waals surface area contributed by atoms with E-state index in [0.717, 1.165) is 11.1 Å². The van der Waals surface area contributed by atoms with Crippen molar-refractivity contribution < 1.29 is 4.79 Å². The monoisotopic (exact) mass is 300 g/mol. The molecule has 7 heteroatoms. The zero-order valence-corrected chi connectivity index (χ0v) is 12.1. The van der Waals surface area contributed by atoms with Crippen molar-refractivity contribution in [3.63, 3.8) is 0 Å². The Labute approximate surface area is 126 Å². The minimum Gasteiger partial charge on any atom is -0.328 e. The summed E-state index contributed by atoms with van der Waals surface area (Å²) >= 11 is 0. The molecular weight excluding hydrogens is 284 g/mol. The lowest BCUT2D eigenvalue weighted by atomic mass is 10.1. The zero-order valence-electron chi connectivity index (χ0n) is 12.1. The van der Waals surface area contributed by atoms with Crippen molar-refractivity contribution in [2.75, 3.05) is 0 Å². The normalized spacial score (nSPS) is 18.0. The zero-order chi connectivity index (χ0) is 15.7. The van der Waals surface area contributed by atoms with Gasteiger partial charge in [-0.1, -0.05) is 24.3 Å². The van der Waals surface area contributed by atoms with Crippen LogP contribution < -0.4 is 11.4 Å². The van der Waals surface area contributed by atoms with Crippen molar-refractivity contribution in [1.82, 2.24) is 19.9 Å². The number of hydrogen-bond acceptors (Lipinski definition) is 4. The summed E-state index contributed by atoms with van der Waals surface area (Å²) in [7, 11) is 0. The fourth-order valence-electron chi connectivity index (χ4n) is 2.75. The van der Waals surface area contributed by atoms with E-state index in [-0.39, 0.29) is 17.8 Å². The molecular formula is C15H16N4O3. The molecule has 0 saturated carbocycles. The van der Waals surface area contributed by atoms with Crippen molar-refractivity contribution in [2.45, 2.75) is 32.4 Å². The second kappa shape index (κ2) is 5.59. The van der Waals surface area contributed by atoms with Gasteiger partial charge in [-0.15, -0.1) is 0 Å². The predicted octanol–water partition coefficient (Wildman–Crippen LogP) is 0.630. The maximum Gasteiger partial charge on any atom is 0.350 e. The third-order valence-electron chi connectivity index (χ3n) is 3.93. The molecule has 0 aliphatic carbocycles. The van der Waals surface area contributed by atoms with Crippen LogP contribution in [0.15, 0.2) is 33.9 Å². The number of likely N-dealkylation sites (tertiary alicyclic amines) is 1. The number of carbonyl (C=O) groups excluding carboxylic acids is 1. The Morgan fingerprint density at radius 3 is 2.73 bits per heavy atom. The van der Waals surface area contributed by atoms with Crippen molar-refractivity contribution in [3.05, 3.63) is 62.2 Å². The van der Waals surface area contributed by atoms with Gasteiger partial charge in [0.1, 0.15) is 5.82 Å². The Morgan fingerprint density at radius 2 is 2.00 bits per heavy atom. The minimum atomic E-state index is -0.700. The largest absolute Gasteiger partial charge is 0.350 e. The van der Waals surface area contributed by atoms with Gasteiger partial charge in [0.2, 0.25) is 5.91 Å². The second-order valence-corrected chi connectivity index (χ2v) is 5.38. The summed E-state index contributed by atoms with van der Waals surface area (Å²) in [6.07, 6.45) is 0.921. The third kappa shape index (κ3) is 2.69. The van der Waals surface area contributed by atoms with Crippen LogP contribution in [0.4, 0.5) is 0 Å². The summed E-state index contributed by atoms with van der Waals surface area (Å²) in [5.41, 5.74) is 0.822. The maximum absolute atomic E-state index is 12.2. The highest BCUT2D eigenvalue weighted by Crippen LogP contribution is 2.31. The molecule has 1 aliphatic rings. The third-order valence-corrected chi connectivity index (χ3v) is 3.93. The molecule has 1 aromatic heterocycles. The Morgan fingerprint density at radius 1 is 1.23 bits per heavy atom. The number of rotatable bonds is 3. The number of aromatic amines is 2. The number of hydrogen-bond donors (Lipinski definition) is 2. The number of nitrogens with zero attached hydrogens (tertiary/aromatic N) is 2. The highest BCUT2D eigenvalue weighted by atomic mass is 16.2. The standard InChI is InChI=1S/C15H16N4O3/c1-9-4-2-3-5-10(9)8-19-11(6-7-12(19)20)13-16-14(21)18-15(22)17-13/h2-5,11H,6-8H2,1H3,(H2,16,17,18,21,22). The fraction of sp³-hybridized carbons (Fsp3) is 0.333. The first-order valence-corrected chi connectivity index (χ1v) is 7.09. The van der Waals surface area contributed by atoms with Gasteiger partial charge in [0.15, 0.2) is 0 Å². The molecule has 2 aromatic rings. The molecule has 1 saturated heterocycles. The van der Waals surface area contributed by atoms with Gasteiger partial charge in [0.05, 0.1) is 6.04 Å². The van der Waals surface area contributed by atoms with Gasteiger partial charge in [0.25, 0.3) is 0 Å². The van der Waals surface area contributed by atoms with Crippen LogP contribution in [0, 0.1) is 6.92 Å². The van der Waals surface area contributed by atoms with Gasteiger partial charge < -0.3 is 4.90 Å². The van der Waals surface area contributed by atoms with Crippen LogP contribution in [0.3, 0.4) is 0 Å². The Balaban J connectivity index is 1.94. The summed E-state index contributed by atoms with van der Waals surface area (Å²) in [6, 6.07) is 7.44. The molecule has 2 N–H and O–H groups in total. The average molecular weight is 300 g/mol. The van der Waals surface area contributed by atoms with Crippen LogP contribution >= 0.6 is 0 Å². The van der Waals surface area contributed by atoms with Gasteiger partial charge in [-0.05, 0) is 24.5 Å². The van der Waals surface area contributed by atoms with Gasteiger partial charge in [-0.25, -0.2) is 9.59 Å². The number of benzene rings is 1. The van der Waals surface area contributed by atoms with E-state index in [1.54, 1.807) is 4.90 Å². The van der Waals surface area contributed by atoms with E-state index >= 15 is 0 Å². The number of aryl methyl sites for hydroxylation is 1. The van der Waals surface area contributed by atoms with E-state index in [1.165, 1.54) is 0 Å². The van der Waals surface area contributed by atoms with E-state index in [1.807, 2.05) is 36.2 Å². The Bertz CT molecular complexity index is 796. The molecule has 114 valence electrons. The highest BCUT2D eigenvalue weighted by molar-refractivity contribution is 5.78. The second-order valence-electron chi connectivity index (χ2n) is 5.38. The van der Waals surface area contributed by atoms with Crippen LogP contribution in [0.1, 0.15) is 35.8 Å². The number of H-pyrrole nitrogens is 2. The number of amides is 1.